The van der Waals surface area contributed by atoms with Crippen LogP contribution in [0.15, 0.2) is 60.8 Å². The highest BCUT2D eigenvalue weighted by atomic mass is 16.6. The summed E-state index contributed by atoms with van der Waals surface area (Å²) in [6.07, 6.45) is 22.1. The van der Waals surface area contributed by atoms with E-state index in [2.05, 4.69) is 58.1 Å². The largest absolute Gasteiger partial charge is 0.462 e. The van der Waals surface area contributed by atoms with Crippen molar-refractivity contribution in [3.63, 3.8) is 0 Å². The van der Waals surface area contributed by atoms with Gasteiger partial charge in [-0.1, -0.05) is 102 Å². The highest BCUT2D eigenvalue weighted by Crippen LogP contribution is 1.97. The van der Waals surface area contributed by atoms with Crippen molar-refractivity contribution in [2.75, 3.05) is 13.2 Å². The van der Waals surface area contributed by atoms with Crippen molar-refractivity contribution in [1.29, 1.82) is 0 Å². The molecule has 0 aromatic carbocycles. The number of esters is 3. The van der Waals surface area contributed by atoms with E-state index in [0.29, 0.717) is 0 Å². The molecule has 0 aromatic heterocycles. The molecule has 0 heterocycles. The molecule has 232 valence electrons. The van der Waals surface area contributed by atoms with Gasteiger partial charge < -0.3 is 14.2 Å². The van der Waals surface area contributed by atoms with Crippen molar-refractivity contribution in [2.24, 2.45) is 0 Å². The smallest absolute Gasteiger partial charge is 0.303 e. The second-order valence-corrected chi connectivity index (χ2v) is 6.25. The first kappa shape index (κ1) is 52.5. The minimum atomic E-state index is -0.754. The molecular weight excluding hydrogens is 492 g/mol. The molecule has 0 rings (SSSR count). The molecular formula is C33H64O6. The minimum Gasteiger partial charge on any atom is -0.462 e. The van der Waals surface area contributed by atoms with E-state index < -0.39 is 24.0 Å². The molecule has 6 heteroatoms. The van der Waals surface area contributed by atoms with E-state index in [4.69, 9.17) is 4.74 Å². The molecule has 0 atom stereocenters. The van der Waals surface area contributed by atoms with Gasteiger partial charge in [-0.3, -0.25) is 14.4 Å². The van der Waals surface area contributed by atoms with Crippen LogP contribution in [0.4, 0.5) is 0 Å². The first-order valence-electron chi connectivity index (χ1n) is 14.1. The fourth-order valence-corrected chi connectivity index (χ4v) is 1.47. The molecule has 39 heavy (non-hydrogen) atoms. The molecule has 0 aliphatic heterocycles. The van der Waals surface area contributed by atoms with Gasteiger partial charge in [0.05, 0.1) is 0 Å². The molecule has 0 fully saturated rings. The molecule has 0 N–H and O–H groups in total. The van der Waals surface area contributed by atoms with Crippen molar-refractivity contribution in [1.82, 2.24) is 0 Å². The Hall–Kier alpha value is -2.89. The zero-order chi connectivity index (χ0) is 32.3. The summed E-state index contributed by atoms with van der Waals surface area (Å²) in [5, 5.41) is 0. The second kappa shape index (κ2) is 59.9. The highest BCUT2D eigenvalue weighted by molar-refractivity contribution is 5.67. The third-order valence-electron chi connectivity index (χ3n) is 3.10. The van der Waals surface area contributed by atoms with Crippen LogP contribution in [0.2, 0.25) is 0 Å². The standard InChI is InChI=1S/C9H14O6.2C7H12.C4H8.3C2H6/c1-6(10)13-4-9(15-8(3)12)5-14-7(2)11;2*1-3-5-7-6-4-2;1-3-4-2;3*1-2/h9H,4-5H2,1-3H3;2*3-6H,7H2,1-2H3;3-4H,1-2H3;3*1-2H3/b;2*5-3-,6-4-;4-3-;;;. The minimum absolute atomic E-state index is 0.123. The van der Waals surface area contributed by atoms with Crippen LogP contribution >= 0.6 is 0 Å². The summed E-state index contributed by atoms with van der Waals surface area (Å²) in [4.78, 5) is 31.6. The number of hydrogen-bond donors (Lipinski definition) is 0. The van der Waals surface area contributed by atoms with Crippen LogP contribution in [0.5, 0.6) is 0 Å². The van der Waals surface area contributed by atoms with Crippen LogP contribution in [0.3, 0.4) is 0 Å². The molecule has 0 aliphatic rings. The fraction of sp³-hybridized carbons (Fsp3) is 0.606. The number of hydrogen-bond acceptors (Lipinski definition) is 6. The van der Waals surface area contributed by atoms with E-state index in [-0.39, 0.29) is 13.2 Å². The molecule has 6 nitrogen and oxygen atoms in total. The molecule has 0 saturated carbocycles. The van der Waals surface area contributed by atoms with Crippen molar-refractivity contribution < 1.29 is 28.6 Å². The van der Waals surface area contributed by atoms with E-state index in [1.54, 1.807) is 0 Å². The van der Waals surface area contributed by atoms with Crippen LogP contribution in [0.25, 0.3) is 0 Å². The Morgan fingerprint density at radius 2 is 0.744 bits per heavy atom. The van der Waals surface area contributed by atoms with E-state index in [9.17, 15) is 14.4 Å². The number of allylic oxidation sites excluding steroid dienone is 10. The predicted octanol–water partition coefficient (Wildman–Crippen LogP) is 9.76. The van der Waals surface area contributed by atoms with Crippen molar-refractivity contribution in [2.45, 2.75) is 123 Å². The highest BCUT2D eigenvalue weighted by Gasteiger charge is 2.15. The van der Waals surface area contributed by atoms with Gasteiger partial charge in [-0.25, -0.2) is 0 Å². The van der Waals surface area contributed by atoms with E-state index in [1.165, 1.54) is 20.8 Å². The molecule has 0 amide bonds. The first-order chi connectivity index (χ1) is 18.7. The lowest BCUT2D eigenvalue weighted by Gasteiger charge is -2.15. The van der Waals surface area contributed by atoms with Crippen LogP contribution in [-0.4, -0.2) is 37.2 Å². The van der Waals surface area contributed by atoms with Gasteiger partial charge in [-0.15, -0.1) is 0 Å². The lowest BCUT2D eigenvalue weighted by molar-refractivity contribution is -0.163. The normalized spacial score (nSPS) is 9.33. The molecule has 0 saturated heterocycles. The van der Waals surface area contributed by atoms with Crippen molar-refractivity contribution in [3.8, 4) is 0 Å². The van der Waals surface area contributed by atoms with Gasteiger partial charge in [0.25, 0.3) is 0 Å². The second-order valence-electron chi connectivity index (χ2n) is 6.25. The maximum atomic E-state index is 10.6. The van der Waals surface area contributed by atoms with Gasteiger partial charge in [0.2, 0.25) is 0 Å². The Labute approximate surface area is 243 Å². The summed E-state index contributed by atoms with van der Waals surface area (Å²) >= 11 is 0. The van der Waals surface area contributed by atoms with Crippen LogP contribution in [0, 0.1) is 0 Å². The molecule has 0 radical (unpaired) electrons. The SMILES string of the molecule is C/C=C\C.C/C=C\C/C=C\C.C/C=C\C/C=C\C.CC.CC.CC.CC(=O)OCC(COC(C)=O)OC(C)=O. The predicted molar refractivity (Wildman–Crippen MR) is 172 cm³/mol. The Bertz CT molecular complexity index is 535. The Morgan fingerprint density at radius 3 is 0.897 bits per heavy atom. The maximum Gasteiger partial charge on any atom is 0.303 e. The Balaban J connectivity index is -0.0000000720. The number of rotatable bonds is 9. The maximum absolute atomic E-state index is 10.6. The van der Waals surface area contributed by atoms with Crippen LogP contribution < -0.4 is 0 Å². The zero-order valence-corrected chi connectivity index (χ0v) is 28.1. The number of ether oxygens (including phenoxy) is 3. The fourth-order valence-electron chi connectivity index (χ4n) is 1.47. The Morgan fingerprint density at radius 1 is 0.487 bits per heavy atom. The molecule has 0 unspecified atom stereocenters. The Kier molecular flexibility index (Phi) is 80.7. The quantitative estimate of drug-likeness (QED) is 0.160. The third kappa shape index (κ3) is 95.2. The molecule has 0 spiro atoms. The van der Waals surface area contributed by atoms with Crippen LogP contribution in [0.1, 0.15) is 117 Å². The van der Waals surface area contributed by atoms with Gasteiger partial charge in [0.1, 0.15) is 13.2 Å². The third-order valence-corrected chi connectivity index (χ3v) is 3.10. The van der Waals surface area contributed by atoms with Gasteiger partial charge in [-0.2, -0.15) is 0 Å². The lowest BCUT2D eigenvalue weighted by atomic mass is 10.3. The van der Waals surface area contributed by atoms with Gasteiger partial charge >= 0.3 is 17.9 Å². The summed E-state index contributed by atoms with van der Waals surface area (Å²) in [7, 11) is 0. The average molecular weight is 557 g/mol. The zero-order valence-electron chi connectivity index (χ0n) is 28.1. The van der Waals surface area contributed by atoms with Crippen molar-refractivity contribution >= 4 is 17.9 Å². The monoisotopic (exact) mass is 556 g/mol. The van der Waals surface area contributed by atoms with Crippen molar-refractivity contribution in [3.05, 3.63) is 60.8 Å². The summed E-state index contributed by atoms with van der Waals surface area (Å²) in [5.41, 5.74) is 0. The van der Waals surface area contributed by atoms with E-state index in [0.717, 1.165) is 12.8 Å². The van der Waals surface area contributed by atoms with Gasteiger partial charge in [-0.05, 0) is 54.4 Å². The lowest BCUT2D eigenvalue weighted by Crippen LogP contribution is -2.29. The summed E-state index contributed by atoms with van der Waals surface area (Å²) in [5.74, 6) is -1.51. The van der Waals surface area contributed by atoms with Gasteiger partial charge in [0, 0.05) is 20.8 Å². The number of carbonyl (C=O) groups excluding carboxylic acids is 3. The van der Waals surface area contributed by atoms with E-state index in [1.807, 2.05) is 95.2 Å². The topological polar surface area (TPSA) is 78.9 Å². The summed E-state index contributed by atoms with van der Waals surface area (Å²) < 4.78 is 14.0. The summed E-state index contributed by atoms with van der Waals surface area (Å²) in [6.45, 7) is 27.6. The van der Waals surface area contributed by atoms with E-state index >= 15 is 0 Å². The molecule has 0 bridgehead atoms. The number of carbonyl (C=O) groups is 3. The summed E-state index contributed by atoms with van der Waals surface area (Å²) in [6, 6.07) is 0. The first-order valence-corrected chi connectivity index (χ1v) is 14.1. The van der Waals surface area contributed by atoms with Crippen LogP contribution in [-0.2, 0) is 28.6 Å². The molecule has 0 aliphatic carbocycles. The average Bonchev–Trinajstić information content (AvgIpc) is 2.94. The van der Waals surface area contributed by atoms with Gasteiger partial charge in [0.15, 0.2) is 6.10 Å². The molecule has 0 aromatic rings.